The van der Waals surface area contributed by atoms with Crippen molar-refractivity contribution < 1.29 is 28.9 Å². The van der Waals surface area contributed by atoms with Crippen LogP contribution in [0, 0.1) is 26.0 Å². The minimum Gasteiger partial charge on any atom is -0.502 e. The van der Waals surface area contributed by atoms with Gasteiger partial charge in [-0.25, -0.2) is 9.37 Å². The summed E-state index contributed by atoms with van der Waals surface area (Å²) in [6.07, 6.45) is 0.966. The molecule has 0 aliphatic rings. The Labute approximate surface area is 187 Å². The SMILES string of the molecule is O=[N+]([O-])c1cc(C=Nc2ccc3oc(-c4ccc(F)cc4Cl)nc3c2)c(O)c([N+](=O)[O-])c1O. The van der Waals surface area contributed by atoms with Crippen molar-refractivity contribution >= 4 is 46.0 Å². The first-order valence-corrected chi connectivity index (χ1v) is 9.31. The molecule has 1 aromatic heterocycles. The quantitative estimate of drug-likeness (QED) is 0.225. The average molecular weight is 473 g/mol. The van der Waals surface area contributed by atoms with E-state index < -0.39 is 38.5 Å². The number of phenols is 2. The van der Waals surface area contributed by atoms with Crippen molar-refractivity contribution in [2.75, 3.05) is 0 Å². The normalized spacial score (nSPS) is 11.3. The zero-order chi connectivity index (χ0) is 23.9. The van der Waals surface area contributed by atoms with Crippen LogP contribution in [-0.4, -0.2) is 31.3 Å². The molecule has 0 spiro atoms. The van der Waals surface area contributed by atoms with Gasteiger partial charge in [0.05, 0.1) is 26.1 Å². The van der Waals surface area contributed by atoms with E-state index in [4.69, 9.17) is 16.0 Å². The molecule has 13 heteroatoms. The van der Waals surface area contributed by atoms with Gasteiger partial charge < -0.3 is 14.6 Å². The first kappa shape index (κ1) is 21.6. The fourth-order valence-corrected chi connectivity index (χ4v) is 3.23. The summed E-state index contributed by atoms with van der Waals surface area (Å²) in [7, 11) is 0. The number of hydrogen-bond acceptors (Lipinski definition) is 9. The highest BCUT2D eigenvalue weighted by Gasteiger charge is 2.31. The second kappa shape index (κ2) is 8.16. The monoisotopic (exact) mass is 472 g/mol. The third kappa shape index (κ3) is 4.02. The van der Waals surface area contributed by atoms with Gasteiger partial charge >= 0.3 is 11.4 Å². The Morgan fingerprint density at radius 1 is 1.06 bits per heavy atom. The van der Waals surface area contributed by atoms with Crippen LogP contribution in [0.1, 0.15) is 5.56 Å². The van der Waals surface area contributed by atoms with E-state index in [0.717, 1.165) is 18.3 Å². The number of aromatic hydroxyl groups is 2. The molecule has 3 aromatic carbocycles. The van der Waals surface area contributed by atoms with E-state index in [0.29, 0.717) is 16.7 Å². The lowest BCUT2D eigenvalue weighted by Gasteiger charge is -2.03. The number of aliphatic imine (C=N–C) groups is 1. The summed E-state index contributed by atoms with van der Waals surface area (Å²) >= 11 is 6.04. The Hall–Kier alpha value is -4.58. The van der Waals surface area contributed by atoms with Gasteiger partial charge in [-0.2, -0.15) is 0 Å². The number of halogens is 2. The Morgan fingerprint density at radius 3 is 2.48 bits per heavy atom. The number of fused-ring (bicyclic) bond motifs is 1. The summed E-state index contributed by atoms with van der Waals surface area (Å²) in [6, 6.07) is 8.99. The predicted octanol–water partition coefficient (Wildman–Crippen LogP) is 5.27. The van der Waals surface area contributed by atoms with Gasteiger partial charge in [0, 0.05) is 17.8 Å². The second-order valence-corrected chi connectivity index (χ2v) is 7.01. The molecule has 0 aliphatic heterocycles. The summed E-state index contributed by atoms with van der Waals surface area (Å²) in [6.45, 7) is 0. The summed E-state index contributed by atoms with van der Waals surface area (Å²) in [5.74, 6) is -2.63. The van der Waals surface area contributed by atoms with E-state index in [9.17, 15) is 34.8 Å². The second-order valence-electron chi connectivity index (χ2n) is 6.60. The summed E-state index contributed by atoms with van der Waals surface area (Å²) < 4.78 is 18.9. The van der Waals surface area contributed by atoms with Crippen molar-refractivity contribution in [2.24, 2.45) is 4.99 Å². The number of rotatable bonds is 5. The smallest absolute Gasteiger partial charge is 0.359 e. The van der Waals surface area contributed by atoms with Crippen LogP contribution in [0.4, 0.5) is 21.5 Å². The summed E-state index contributed by atoms with van der Waals surface area (Å²) in [4.78, 5) is 28.4. The highest BCUT2D eigenvalue weighted by atomic mass is 35.5. The van der Waals surface area contributed by atoms with Crippen LogP contribution in [0.5, 0.6) is 11.5 Å². The molecule has 33 heavy (non-hydrogen) atoms. The third-order valence-corrected chi connectivity index (χ3v) is 4.83. The molecule has 2 N–H and O–H groups in total. The van der Waals surface area contributed by atoms with Crippen LogP contribution in [0.3, 0.4) is 0 Å². The van der Waals surface area contributed by atoms with Crippen LogP contribution in [-0.2, 0) is 0 Å². The molecule has 4 aromatic rings. The molecule has 0 aliphatic carbocycles. The molecule has 0 radical (unpaired) electrons. The number of nitro benzene ring substituents is 2. The van der Waals surface area contributed by atoms with Crippen LogP contribution >= 0.6 is 11.6 Å². The molecule has 11 nitrogen and oxygen atoms in total. The topological polar surface area (TPSA) is 165 Å². The van der Waals surface area contributed by atoms with E-state index in [1.807, 2.05) is 0 Å². The Kier molecular flexibility index (Phi) is 5.35. The van der Waals surface area contributed by atoms with Gasteiger partial charge in [0.25, 0.3) is 5.75 Å². The Morgan fingerprint density at radius 2 is 1.82 bits per heavy atom. The van der Waals surface area contributed by atoms with Gasteiger partial charge in [0.2, 0.25) is 11.6 Å². The minimum absolute atomic E-state index is 0.103. The zero-order valence-electron chi connectivity index (χ0n) is 16.1. The summed E-state index contributed by atoms with van der Waals surface area (Å²) in [5, 5.41) is 42.1. The van der Waals surface area contributed by atoms with Crippen LogP contribution < -0.4 is 0 Å². The number of phenolic OH excluding ortho intramolecular Hbond substituents is 2. The third-order valence-electron chi connectivity index (χ3n) is 4.52. The number of aromatic nitrogens is 1. The molecule has 0 atom stereocenters. The largest absolute Gasteiger partial charge is 0.502 e. The fraction of sp³-hybridized carbons (Fsp3) is 0. The van der Waals surface area contributed by atoms with E-state index in [1.165, 1.54) is 30.3 Å². The molecular weight excluding hydrogens is 463 g/mol. The lowest BCUT2D eigenvalue weighted by molar-refractivity contribution is -0.396. The lowest BCUT2D eigenvalue weighted by Crippen LogP contribution is -1.98. The maximum atomic E-state index is 13.3. The van der Waals surface area contributed by atoms with Gasteiger partial charge in [-0.15, -0.1) is 0 Å². The standard InChI is InChI=1S/C20H10ClFN4O7/c21-13-6-10(22)1-3-12(13)20-24-14-7-11(2-4-16(14)33-20)23-8-9-5-15(25(29)30)19(28)17(18(9)27)26(31)32/h1-8,27-28H. The van der Waals surface area contributed by atoms with Gasteiger partial charge in [-0.3, -0.25) is 25.2 Å². The number of nitrogens with zero attached hydrogens (tertiary/aromatic N) is 4. The molecule has 166 valence electrons. The molecule has 1 heterocycles. The first-order chi connectivity index (χ1) is 15.7. The predicted molar refractivity (Wildman–Crippen MR) is 115 cm³/mol. The minimum atomic E-state index is -1.27. The van der Waals surface area contributed by atoms with Crippen molar-refractivity contribution in [1.82, 2.24) is 4.98 Å². The Bertz CT molecular complexity index is 1490. The molecule has 0 fully saturated rings. The molecule has 0 saturated heterocycles. The van der Waals surface area contributed by atoms with Gasteiger partial charge in [0.1, 0.15) is 11.3 Å². The van der Waals surface area contributed by atoms with E-state index in [1.54, 1.807) is 0 Å². The molecule has 0 saturated carbocycles. The van der Waals surface area contributed by atoms with E-state index in [-0.39, 0.29) is 22.2 Å². The van der Waals surface area contributed by atoms with E-state index >= 15 is 0 Å². The fourth-order valence-electron chi connectivity index (χ4n) is 2.98. The van der Waals surface area contributed by atoms with Crippen LogP contribution in [0.15, 0.2) is 51.9 Å². The first-order valence-electron chi connectivity index (χ1n) is 8.93. The number of oxazole rings is 1. The van der Waals surface area contributed by atoms with E-state index in [2.05, 4.69) is 9.98 Å². The van der Waals surface area contributed by atoms with Gasteiger partial charge in [0.15, 0.2) is 5.58 Å². The number of hydrogen-bond donors (Lipinski definition) is 2. The molecule has 0 unspecified atom stereocenters. The zero-order valence-corrected chi connectivity index (χ0v) is 16.9. The maximum Gasteiger partial charge on any atom is 0.359 e. The van der Waals surface area contributed by atoms with Crippen molar-refractivity contribution in [3.63, 3.8) is 0 Å². The molecule has 0 bridgehead atoms. The number of nitro groups is 2. The Balaban J connectivity index is 1.73. The van der Waals surface area contributed by atoms with Gasteiger partial charge in [-0.05, 0) is 36.4 Å². The van der Waals surface area contributed by atoms with Gasteiger partial charge in [-0.1, -0.05) is 11.6 Å². The number of benzene rings is 3. The summed E-state index contributed by atoms with van der Waals surface area (Å²) in [5.41, 5.74) is -1.18. The van der Waals surface area contributed by atoms with Crippen molar-refractivity contribution in [3.05, 3.63) is 79.1 Å². The van der Waals surface area contributed by atoms with Crippen LogP contribution in [0.25, 0.3) is 22.6 Å². The molecule has 0 amide bonds. The van der Waals surface area contributed by atoms with Crippen LogP contribution in [0.2, 0.25) is 5.02 Å². The molecular formula is C20H10ClFN4O7. The van der Waals surface area contributed by atoms with Crippen molar-refractivity contribution in [2.45, 2.75) is 0 Å². The average Bonchev–Trinajstić information content (AvgIpc) is 3.15. The lowest BCUT2D eigenvalue weighted by atomic mass is 10.1. The molecule has 4 rings (SSSR count). The highest BCUT2D eigenvalue weighted by molar-refractivity contribution is 6.33. The van der Waals surface area contributed by atoms with Crippen molar-refractivity contribution in [3.8, 4) is 23.0 Å². The van der Waals surface area contributed by atoms with Crippen molar-refractivity contribution in [1.29, 1.82) is 0 Å². The maximum absolute atomic E-state index is 13.3. The highest BCUT2D eigenvalue weighted by Crippen LogP contribution is 2.44.